The molecular weight excluding hydrogens is 522 g/mol. The molecule has 0 unspecified atom stereocenters. The van der Waals surface area contributed by atoms with Crippen molar-refractivity contribution in [3.8, 4) is 23.1 Å². The van der Waals surface area contributed by atoms with Gasteiger partial charge in [-0.3, -0.25) is 0 Å². The molecule has 2 aromatic heterocycles. The molecule has 0 saturated carbocycles. The van der Waals surface area contributed by atoms with Crippen LogP contribution in [0.5, 0.6) is 11.6 Å². The molecule has 4 nitrogen and oxygen atoms in total. The maximum absolute atomic E-state index is 13.9. The minimum Gasteiger partial charge on any atom is -0.454 e. The fraction of sp³-hybridized carbons (Fsp3) is 0.103. The van der Waals surface area contributed by atoms with Crippen molar-refractivity contribution in [2.24, 2.45) is 0 Å². The topological polar surface area (TPSA) is 48.2 Å². The molecular formula is C29H16F6N2O2. The molecule has 196 valence electrons. The van der Waals surface area contributed by atoms with E-state index in [2.05, 4.69) is 10.2 Å². The van der Waals surface area contributed by atoms with Gasteiger partial charge in [0.05, 0.1) is 11.1 Å². The molecule has 0 atom stereocenters. The molecule has 0 bridgehead atoms. The molecule has 0 fully saturated rings. The molecule has 0 aliphatic heterocycles. The van der Waals surface area contributed by atoms with E-state index in [9.17, 15) is 26.3 Å². The van der Waals surface area contributed by atoms with E-state index in [4.69, 9.17) is 9.15 Å². The molecule has 0 amide bonds. The summed E-state index contributed by atoms with van der Waals surface area (Å²) in [5.74, 6) is -0.683. The number of fused-ring (bicyclic) bond motifs is 3. The number of hydrogen-bond acceptors (Lipinski definition) is 4. The number of aryl methyl sites for hydroxylation is 1. The minimum absolute atomic E-state index is 0.0378. The molecule has 6 aromatic rings. The van der Waals surface area contributed by atoms with Crippen LogP contribution in [0.25, 0.3) is 44.0 Å². The van der Waals surface area contributed by atoms with Crippen molar-refractivity contribution in [2.45, 2.75) is 19.3 Å². The van der Waals surface area contributed by atoms with Gasteiger partial charge in [0.15, 0.2) is 5.76 Å². The number of nitrogens with zero attached hydrogens (tertiary/aromatic N) is 2. The van der Waals surface area contributed by atoms with E-state index in [0.717, 1.165) is 23.1 Å². The van der Waals surface area contributed by atoms with Crippen LogP contribution in [0.2, 0.25) is 0 Å². The van der Waals surface area contributed by atoms with Gasteiger partial charge >= 0.3 is 12.4 Å². The average molecular weight is 538 g/mol. The lowest BCUT2D eigenvalue weighted by Gasteiger charge is -2.19. The molecule has 0 saturated heterocycles. The third-order valence-corrected chi connectivity index (χ3v) is 6.38. The third kappa shape index (κ3) is 4.41. The number of furan rings is 1. The van der Waals surface area contributed by atoms with Crippen LogP contribution in [0, 0.1) is 6.92 Å². The lowest BCUT2D eigenvalue weighted by atomic mass is 10.0. The number of hydrogen-bond donors (Lipinski definition) is 0. The van der Waals surface area contributed by atoms with Crippen LogP contribution in [-0.2, 0) is 12.4 Å². The Labute approximate surface area is 216 Å². The van der Waals surface area contributed by atoms with Gasteiger partial charge in [-0.25, -0.2) is 0 Å². The summed E-state index contributed by atoms with van der Waals surface area (Å²) in [6.07, 6.45) is -10.1. The van der Waals surface area contributed by atoms with Crippen LogP contribution >= 0.6 is 0 Å². The van der Waals surface area contributed by atoms with E-state index in [-0.39, 0.29) is 17.5 Å². The Hall–Kier alpha value is -4.60. The second kappa shape index (κ2) is 8.72. The van der Waals surface area contributed by atoms with Gasteiger partial charge in [0.25, 0.3) is 0 Å². The van der Waals surface area contributed by atoms with Gasteiger partial charge in [0.2, 0.25) is 5.88 Å². The van der Waals surface area contributed by atoms with E-state index in [1.54, 1.807) is 30.3 Å². The van der Waals surface area contributed by atoms with Gasteiger partial charge in [0.1, 0.15) is 17.0 Å². The Balaban J connectivity index is 1.58. The third-order valence-electron chi connectivity index (χ3n) is 6.38. The number of para-hydroxylation sites is 1. The number of halogens is 6. The zero-order valence-corrected chi connectivity index (χ0v) is 20.0. The maximum Gasteiger partial charge on any atom is 0.420 e. The molecule has 0 aliphatic carbocycles. The highest BCUT2D eigenvalue weighted by molar-refractivity contribution is 6.05. The SMILES string of the molecule is Cc1cc(C(F)(F)F)cc(C(F)(F)F)c1Oc1nnc(-c2cc3ccccc3o2)c2cc3ccccc3cc12. The summed E-state index contributed by atoms with van der Waals surface area (Å²) in [4.78, 5) is 0. The zero-order chi connectivity index (χ0) is 27.5. The highest BCUT2D eigenvalue weighted by atomic mass is 19.4. The second-order valence-corrected chi connectivity index (χ2v) is 9.01. The number of aromatic nitrogens is 2. The van der Waals surface area contributed by atoms with E-state index >= 15 is 0 Å². The van der Waals surface area contributed by atoms with Gasteiger partial charge in [-0.2, -0.15) is 26.3 Å². The standard InChI is InChI=1S/C29H16F6N2O2/c1-15-10-19(28(30,31)32)14-22(29(33,34)35)26(15)39-27-21-12-17-7-3-2-6-16(17)11-20(21)25(36-37-27)24-13-18-8-4-5-9-23(18)38-24/h2-14H,1H3. The zero-order valence-electron chi connectivity index (χ0n) is 20.0. The Morgan fingerprint density at radius 1 is 0.692 bits per heavy atom. The molecule has 6 rings (SSSR count). The van der Waals surface area contributed by atoms with Crippen molar-refractivity contribution in [3.05, 3.63) is 95.6 Å². The van der Waals surface area contributed by atoms with Gasteiger partial charge < -0.3 is 9.15 Å². The molecule has 2 heterocycles. The summed E-state index contributed by atoms with van der Waals surface area (Å²) < 4.78 is 93.2. The molecule has 0 N–H and O–H groups in total. The van der Waals surface area contributed by atoms with Crippen molar-refractivity contribution in [1.29, 1.82) is 0 Å². The maximum atomic E-state index is 13.9. The fourth-order valence-corrected chi connectivity index (χ4v) is 4.55. The van der Waals surface area contributed by atoms with Crippen molar-refractivity contribution in [1.82, 2.24) is 10.2 Å². The van der Waals surface area contributed by atoms with E-state index < -0.39 is 29.2 Å². The van der Waals surface area contributed by atoms with Gasteiger partial charge in [-0.1, -0.05) is 42.5 Å². The van der Waals surface area contributed by atoms with Gasteiger partial charge in [0, 0.05) is 16.2 Å². The summed E-state index contributed by atoms with van der Waals surface area (Å²) in [7, 11) is 0. The Kier molecular flexibility index (Phi) is 5.53. The molecule has 10 heteroatoms. The van der Waals surface area contributed by atoms with Crippen LogP contribution in [0.15, 0.2) is 83.3 Å². The Bertz CT molecular complexity index is 1860. The number of rotatable bonds is 3. The second-order valence-electron chi connectivity index (χ2n) is 9.01. The number of alkyl halides is 6. The minimum atomic E-state index is -5.12. The van der Waals surface area contributed by atoms with Gasteiger partial charge in [-0.15, -0.1) is 10.2 Å². The van der Waals surface area contributed by atoms with Crippen LogP contribution in [0.1, 0.15) is 16.7 Å². The van der Waals surface area contributed by atoms with Crippen molar-refractivity contribution in [2.75, 3.05) is 0 Å². The molecule has 4 aromatic carbocycles. The average Bonchev–Trinajstić information content (AvgIpc) is 3.31. The summed E-state index contributed by atoms with van der Waals surface area (Å²) >= 11 is 0. The summed E-state index contributed by atoms with van der Waals surface area (Å²) in [5, 5.41) is 11.5. The van der Waals surface area contributed by atoms with Gasteiger partial charge in [-0.05, 0) is 59.7 Å². The van der Waals surface area contributed by atoms with Crippen molar-refractivity contribution in [3.63, 3.8) is 0 Å². The first-order valence-corrected chi connectivity index (χ1v) is 11.6. The number of ether oxygens (including phenoxy) is 1. The van der Waals surface area contributed by atoms with Crippen LogP contribution in [-0.4, -0.2) is 10.2 Å². The largest absolute Gasteiger partial charge is 0.454 e. The molecule has 0 spiro atoms. The van der Waals surface area contributed by atoms with Crippen LogP contribution < -0.4 is 4.74 Å². The normalized spacial score (nSPS) is 12.5. The van der Waals surface area contributed by atoms with E-state index in [0.29, 0.717) is 33.9 Å². The fourth-order valence-electron chi connectivity index (χ4n) is 4.55. The summed E-state index contributed by atoms with van der Waals surface area (Å²) in [5.41, 5.74) is -2.40. The molecule has 39 heavy (non-hydrogen) atoms. The lowest BCUT2D eigenvalue weighted by Crippen LogP contribution is -2.13. The predicted octanol–water partition coefficient (Wildman–Crippen LogP) is 9.33. The van der Waals surface area contributed by atoms with E-state index in [1.165, 1.54) is 0 Å². The quantitative estimate of drug-likeness (QED) is 0.166. The molecule has 0 aliphatic rings. The Morgan fingerprint density at radius 3 is 1.97 bits per heavy atom. The first-order chi connectivity index (χ1) is 18.5. The molecule has 0 radical (unpaired) electrons. The van der Waals surface area contributed by atoms with Crippen LogP contribution in [0.3, 0.4) is 0 Å². The number of benzene rings is 4. The van der Waals surface area contributed by atoms with Crippen molar-refractivity contribution < 1.29 is 35.5 Å². The van der Waals surface area contributed by atoms with Crippen molar-refractivity contribution >= 4 is 32.5 Å². The predicted molar refractivity (Wildman–Crippen MR) is 134 cm³/mol. The summed E-state index contributed by atoms with van der Waals surface area (Å²) in [6.45, 7) is 1.12. The smallest absolute Gasteiger partial charge is 0.420 e. The van der Waals surface area contributed by atoms with E-state index in [1.807, 2.05) is 36.4 Å². The highest BCUT2D eigenvalue weighted by Gasteiger charge is 2.40. The first kappa shape index (κ1) is 24.7. The van der Waals surface area contributed by atoms with Crippen LogP contribution in [0.4, 0.5) is 26.3 Å². The monoisotopic (exact) mass is 538 g/mol. The first-order valence-electron chi connectivity index (χ1n) is 11.6. The lowest BCUT2D eigenvalue weighted by molar-refractivity contribution is -0.143. The highest BCUT2D eigenvalue weighted by Crippen LogP contribution is 2.45. The summed E-state index contributed by atoms with van der Waals surface area (Å²) in [6, 6.07) is 20.5. The Morgan fingerprint density at radius 2 is 1.33 bits per heavy atom.